The van der Waals surface area contributed by atoms with E-state index in [0.717, 1.165) is 63.1 Å². The molecule has 1 atom stereocenters. The molecule has 2 aliphatic carbocycles. The van der Waals surface area contributed by atoms with Gasteiger partial charge in [-0.2, -0.15) is 0 Å². The van der Waals surface area contributed by atoms with E-state index in [1.54, 1.807) is 0 Å². The summed E-state index contributed by atoms with van der Waals surface area (Å²) in [5.41, 5.74) is 0. The Morgan fingerprint density at radius 1 is 1.00 bits per heavy atom. The molecule has 4 rings (SSSR count). The summed E-state index contributed by atoms with van der Waals surface area (Å²) >= 11 is 0. The monoisotopic (exact) mass is 423 g/mol. The average Bonchev–Trinajstić information content (AvgIpc) is 3.37. The van der Waals surface area contributed by atoms with Crippen molar-refractivity contribution >= 4 is 11.6 Å². The molecule has 2 fully saturated rings. The number of Topliss-reactive ketones (excluding diaryl/α,β-unsaturated/α-hetero) is 1. The standard InChI is InChI=1S/C27H41N3O/c1-22(27(31)25-6-2-3-7-25)9-10-23-11-13-24(14-12-23)15-17-29-18-20-30(21-19-29)26-8-4-5-16-28-26/h2-5,8,16,22-25H,6-7,9-15,17-21H2,1H3. The number of hydrogen-bond donors (Lipinski definition) is 0. The lowest BCUT2D eigenvalue weighted by atomic mass is 9.77. The van der Waals surface area contributed by atoms with Gasteiger partial charge in [-0.05, 0) is 62.6 Å². The van der Waals surface area contributed by atoms with Crippen LogP contribution in [0, 0.1) is 23.7 Å². The summed E-state index contributed by atoms with van der Waals surface area (Å²) in [6.07, 6.45) is 17.5. The van der Waals surface area contributed by atoms with Crippen LogP contribution in [0.1, 0.15) is 64.7 Å². The van der Waals surface area contributed by atoms with Crippen molar-refractivity contribution in [3.8, 4) is 0 Å². The Balaban J connectivity index is 1.08. The zero-order valence-electron chi connectivity index (χ0n) is 19.4. The molecule has 1 aliphatic heterocycles. The number of pyridine rings is 1. The summed E-state index contributed by atoms with van der Waals surface area (Å²) in [7, 11) is 0. The summed E-state index contributed by atoms with van der Waals surface area (Å²) < 4.78 is 0. The Labute approximate surface area is 189 Å². The topological polar surface area (TPSA) is 36.4 Å². The molecule has 1 saturated carbocycles. The molecule has 0 aromatic carbocycles. The van der Waals surface area contributed by atoms with E-state index in [0.29, 0.717) is 5.78 Å². The minimum atomic E-state index is 0.257. The zero-order valence-corrected chi connectivity index (χ0v) is 19.4. The highest BCUT2D eigenvalue weighted by Crippen LogP contribution is 2.35. The van der Waals surface area contributed by atoms with Crippen LogP contribution in [-0.4, -0.2) is 48.4 Å². The van der Waals surface area contributed by atoms with Crippen LogP contribution < -0.4 is 4.90 Å². The van der Waals surface area contributed by atoms with E-state index < -0.39 is 0 Å². The van der Waals surface area contributed by atoms with Crippen LogP contribution in [-0.2, 0) is 4.79 Å². The first-order chi connectivity index (χ1) is 15.2. The number of aromatic nitrogens is 1. The molecule has 1 aromatic heterocycles. The number of hydrogen-bond acceptors (Lipinski definition) is 4. The van der Waals surface area contributed by atoms with Crippen LogP contribution >= 0.6 is 0 Å². The van der Waals surface area contributed by atoms with Crippen molar-refractivity contribution in [3.63, 3.8) is 0 Å². The maximum Gasteiger partial charge on any atom is 0.139 e. The molecular weight excluding hydrogens is 382 g/mol. The first-order valence-electron chi connectivity index (χ1n) is 12.8. The number of carbonyl (C=O) groups excluding carboxylic acids is 1. The predicted molar refractivity (Wildman–Crippen MR) is 128 cm³/mol. The highest BCUT2D eigenvalue weighted by molar-refractivity contribution is 5.83. The third-order valence-corrected chi connectivity index (χ3v) is 8.07. The van der Waals surface area contributed by atoms with Gasteiger partial charge in [0.25, 0.3) is 0 Å². The SMILES string of the molecule is CC(CCC1CCC(CCN2CCN(c3ccccn3)CC2)CC1)C(=O)C1CC=CC1. The fraction of sp³-hybridized carbons (Fsp3) is 0.704. The van der Waals surface area contributed by atoms with Gasteiger partial charge >= 0.3 is 0 Å². The summed E-state index contributed by atoms with van der Waals surface area (Å²) in [5.74, 6) is 3.95. The van der Waals surface area contributed by atoms with Crippen LogP contribution in [0.3, 0.4) is 0 Å². The molecule has 1 unspecified atom stereocenters. The van der Waals surface area contributed by atoms with Crippen molar-refractivity contribution in [3.05, 3.63) is 36.5 Å². The van der Waals surface area contributed by atoms with Gasteiger partial charge in [-0.15, -0.1) is 0 Å². The first kappa shape index (κ1) is 22.5. The van der Waals surface area contributed by atoms with Crippen molar-refractivity contribution in [2.24, 2.45) is 23.7 Å². The quantitative estimate of drug-likeness (QED) is 0.502. The summed E-state index contributed by atoms with van der Waals surface area (Å²) in [5, 5.41) is 0. The molecule has 0 amide bonds. The van der Waals surface area contributed by atoms with Crippen molar-refractivity contribution in [1.82, 2.24) is 9.88 Å². The number of rotatable bonds is 9. The molecule has 170 valence electrons. The van der Waals surface area contributed by atoms with Crippen molar-refractivity contribution in [2.45, 2.75) is 64.7 Å². The normalized spacial score (nSPS) is 26.3. The third kappa shape index (κ3) is 6.41. The third-order valence-electron chi connectivity index (χ3n) is 8.07. The Bertz CT molecular complexity index is 694. The molecule has 4 nitrogen and oxygen atoms in total. The van der Waals surface area contributed by atoms with Crippen LogP contribution in [0.25, 0.3) is 0 Å². The molecule has 0 N–H and O–H groups in total. The Kier molecular flexibility index (Phi) is 8.18. The Hall–Kier alpha value is -1.68. The maximum absolute atomic E-state index is 12.6. The molecule has 31 heavy (non-hydrogen) atoms. The second-order valence-electron chi connectivity index (χ2n) is 10.2. The highest BCUT2D eigenvalue weighted by Gasteiger charge is 2.27. The fourth-order valence-electron chi connectivity index (χ4n) is 5.80. The molecule has 0 bridgehead atoms. The van der Waals surface area contributed by atoms with Gasteiger partial charge in [0.15, 0.2) is 0 Å². The second-order valence-corrected chi connectivity index (χ2v) is 10.2. The predicted octanol–water partition coefficient (Wildman–Crippen LogP) is 5.35. The second kappa shape index (κ2) is 11.3. The molecular formula is C27H41N3O. The summed E-state index contributed by atoms with van der Waals surface area (Å²) in [4.78, 5) is 22.1. The molecule has 0 radical (unpaired) electrons. The smallest absolute Gasteiger partial charge is 0.139 e. The van der Waals surface area contributed by atoms with E-state index in [1.165, 1.54) is 45.1 Å². The van der Waals surface area contributed by atoms with Gasteiger partial charge in [-0.3, -0.25) is 9.69 Å². The van der Waals surface area contributed by atoms with Gasteiger partial charge in [0.2, 0.25) is 0 Å². The number of allylic oxidation sites excluding steroid dienone is 2. The minimum Gasteiger partial charge on any atom is -0.354 e. The van der Waals surface area contributed by atoms with Crippen molar-refractivity contribution in [1.29, 1.82) is 0 Å². The van der Waals surface area contributed by atoms with Gasteiger partial charge in [0, 0.05) is 44.2 Å². The van der Waals surface area contributed by atoms with E-state index in [2.05, 4.69) is 46.0 Å². The largest absolute Gasteiger partial charge is 0.354 e. The first-order valence-corrected chi connectivity index (χ1v) is 12.8. The van der Waals surface area contributed by atoms with Crippen molar-refractivity contribution < 1.29 is 4.79 Å². The number of ketones is 1. The number of nitrogens with zero attached hydrogens (tertiary/aromatic N) is 3. The van der Waals surface area contributed by atoms with Gasteiger partial charge in [-0.1, -0.05) is 50.8 Å². The number of piperazine rings is 1. The molecule has 4 heteroatoms. The van der Waals surface area contributed by atoms with E-state index in [-0.39, 0.29) is 11.8 Å². The van der Waals surface area contributed by atoms with E-state index in [1.807, 2.05) is 12.3 Å². The Morgan fingerprint density at radius 3 is 2.32 bits per heavy atom. The van der Waals surface area contributed by atoms with E-state index in [9.17, 15) is 4.79 Å². The molecule has 1 saturated heterocycles. The van der Waals surface area contributed by atoms with E-state index in [4.69, 9.17) is 0 Å². The van der Waals surface area contributed by atoms with Crippen molar-refractivity contribution in [2.75, 3.05) is 37.6 Å². The summed E-state index contributed by atoms with van der Waals surface area (Å²) in [6, 6.07) is 6.19. The fourth-order valence-corrected chi connectivity index (χ4v) is 5.80. The molecule has 1 aromatic rings. The van der Waals surface area contributed by atoms with Gasteiger partial charge < -0.3 is 4.90 Å². The zero-order chi connectivity index (χ0) is 21.5. The average molecular weight is 424 g/mol. The molecule has 0 spiro atoms. The maximum atomic E-state index is 12.6. The van der Waals surface area contributed by atoms with Crippen LogP contribution in [0.2, 0.25) is 0 Å². The lowest BCUT2D eigenvalue weighted by molar-refractivity contribution is -0.126. The van der Waals surface area contributed by atoms with Crippen LogP contribution in [0.15, 0.2) is 36.5 Å². The molecule has 2 heterocycles. The lowest BCUT2D eigenvalue weighted by Gasteiger charge is -2.36. The minimum absolute atomic E-state index is 0.257. The number of carbonyl (C=O) groups is 1. The highest BCUT2D eigenvalue weighted by atomic mass is 16.1. The summed E-state index contributed by atoms with van der Waals surface area (Å²) in [6.45, 7) is 7.93. The number of anilines is 1. The van der Waals surface area contributed by atoms with Gasteiger partial charge in [0.1, 0.15) is 11.6 Å². The van der Waals surface area contributed by atoms with Gasteiger partial charge in [0.05, 0.1) is 0 Å². The van der Waals surface area contributed by atoms with Gasteiger partial charge in [-0.25, -0.2) is 4.98 Å². The lowest BCUT2D eigenvalue weighted by Crippen LogP contribution is -2.47. The van der Waals surface area contributed by atoms with Crippen LogP contribution in [0.4, 0.5) is 5.82 Å². The molecule has 3 aliphatic rings. The Morgan fingerprint density at radius 2 is 1.68 bits per heavy atom. The van der Waals surface area contributed by atoms with Crippen LogP contribution in [0.5, 0.6) is 0 Å². The van der Waals surface area contributed by atoms with E-state index >= 15 is 0 Å².